The normalized spacial score (nSPS) is 10.4. The van der Waals surface area contributed by atoms with Gasteiger partial charge in [0.15, 0.2) is 0 Å². The lowest BCUT2D eigenvalue weighted by molar-refractivity contribution is -0.390. The predicted molar refractivity (Wildman–Crippen MR) is 73.4 cm³/mol. The highest BCUT2D eigenvalue weighted by Gasteiger charge is 2.18. The van der Waals surface area contributed by atoms with Gasteiger partial charge in [0.1, 0.15) is 4.47 Å². The quantitative estimate of drug-likeness (QED) is 0.614. The Morgan fingerprint density at radius 3 is 2.30 bits per heavy atom. The largest absolute Gasteiger partial charge is 0.404 e. The van der Waals surface area contributed by atoms with Gasteiger partial charge in [0, 0.05) is 12.1 Å². The summed E-state index contributed by atoms with van der Waals surface area (Å²) in [7, 11) is 0. The smallest absolute Gasteiger partial charge is 0.358 e. The zero-order valence-corrected chi connectivity index (χ0v) is 11.7. The van der Waals surface area contributed by atoms with E-state index in [4.69, 9.17) is 0 Å². The molecule has 2 aromatic rings. The third-order valence-electron chi connectivity index (χ3n) is 2.65. The monoisotopic (exact) mass is 340 g/mol. The molecule has 1 aromatic heterocycles. The minimum atomic E-state index is -0.563. The lowest BCUT2D eigenvalue weighted by atomic mass is 10.1. The predicted octanol–water partition coefficient (Wildman–Crippen LogP) is 2.70. The fourth-order valence-electron chi connectivity index (χ4n) is 1.65. The second-order valence-electron chi connectivity index (χ2n) is 3.99. The SMILES string of the molecule is O=[N+]([O-])c1ccc(CCn2cc(Br)c([N+](=O)[O-])n2)cc1. The van der Waals surface area contributed by atoms with Gasteiger partial charge in [0.05, 0.1) is 22.8 Å². The second-order valence-corrected chi connectivity index (χ2v) is 4.85. The van der Waals surface area contributed by atoms with Crippen LogP contribution < -0.4 is 0 Å². The van der Waals surface area contributed by atoms with Crippen LogP contribution in [0.2, 0.25) is 0 Å². The second kappa shape index (κ2) is 5.78. The van der Waals surface area contributed by atoms with E-state index in [0.717, 1.165) is 5.56 Å². The molecule has 0 fully saturated rings. The Morgan fingerprint density at radius 1 is 1.15 bits per heavy atom. The summed E-state index contributed by atoms with van der Waals surface area (Å²) in [5, 5.41) is 25.0. The average Bonchev–Trinajstić information content (AvgIpc) is 2.78. The van der Waals surface area contributed by atoms with Crippen molar-refractivity contribution in [1.82, 2.24) is 9.78 Å². The maximum absolute atomic E-state index is 10.6. The minimum absolute atomic E-state index is 0.0335. The summed E-state index contributed by atoms with van der Waals surface area (Å²) in [5.74, 6) is -0.228. The summed E-state index contributed by atoms with van der Waals surface area (Å²) in [6.07, 6.45) is 2.10. The highest BCUT2D eigenvalue weighted by Crippen LogP contribution is 2.22. The highest BCUT2D eigenvalue weighted by molar-refractivity contribution is 9.10. The molecule has 1 heterocycles. The van der Waals surface area contributed by atoms with Crippen molar-refractivity contribution in [2.24, 2.45) is 0 Å². The molecule has 1 aromatic carbocycles. The van der Waals surface area contributed by atoms with E-state index >= 15 is 0 Å². The first kappa shape index (κ1) is 14.1. The first-order chi connectivity index (χ1) is 9.47. The molecule has 0 bridgehead atoms. The van der Waals surface area contributed by atoms with Crippen molar-refractivity contribution in [2.75, 3.05) is 0 Å². The van der Waals surface area contributed by atoms with Crippen LogP contribution in [0.4, 0.5) is 11.5 Å². The van der Waals surface area contributed by atoms with E-state index in [1.165, 1.54) is 23.0 Å². The van der Waals surface area contributed by atoms with Gasteiger partial charge in [-0.2, -0.15) is 4.68 Å². The van der Waals surface area contributed by atoms with Crippen molar-refractivity contribution in [3.63, 3.8) is 0 Å². The summed E-state index contributed by atoms with van der Waals surface area (Å²) >= 11 is 3.07. The van der Waals surface area contributed by atoms with E-state index in [2.05, 4.69) is 21.0 Å². The molecule has 0 radical (unpaired) electrons. The van der Waals surface area contributed by atoms with E-state index in [1.54, 1.807) is 12.1 Å². The van der Waals surface area contributed by atoms with E-state index in [1.807, 2.05) is 0 Å². The number of aryl methyl sites for hydroxylation is 2. The first-order valence-corrected chi connectivity index (χ1v) is 6.37. The number of halogens is 1. The van der Waals surface area contributed by atoms with Crippen LogP contribution >= 0.6 is 15.9 Å². The molecule has 2 rings (SSSR count). The maximum atomic E-state index is 10.6. The van der Waals surface area contributed by atoms with Crippen LogP contribution in [0.25, 0.3) is 0 Å². The highest BCUT2D eigenvalue weighted by atomic mass is 79.9. The van der Waals surface area contributed by atoms with Crippen LogP contribution in [-0.4, -0.2) is 19.6 Å². The summed E-state index contributed by atoms with van der Waals surface area (Å²) in [6, 6.07) is 6.17. The fourth-order valence-corrected chi connectivity index (χ4v) is 2.11. The molecule has 0 saturated carbocycles. The van der Waals surface area contributed by atoms with Gasteiger partial charge in [-0.1, -0.05) is 12.1 Å². The third-order valence-corrected chi connectivity index (χ3v) is 3.21. The topological polar surface area (TPSA) is 104 Å². The number of benzene rings is 1. The standard InChI is InChI=1S/C11H9BrN4O4/c12-10-7-14(13-11(10)16(19)20)6-5-8-1-3-9(4-2-8)15(17)18/h1-4,7H,5-6H2. The van der Waals surface area contributed by atoms with Crippen molar-refractivity contribution < 1.29 is 9.85 Å². The molecule has 0 N–H and O–H groups in total. The average molecular weight is 341 g/mol. The van der Waals surface area contributed by atoms with Crippen molar-refractivity contribution in [1.29, 1.82) is 0 Å². The summed E-state index contributed by atoms with van der Waals surface area (Å²) in [5.41, 5.74) is 0.927. The molecule has 0 atom stereocenters. The molecule has 0 unspecified atom stereocenters. The number of nitro benzene ring substituents is 1. The number of non-ortho nitro benzene ring substituents is 1. The summed E-state index contributed by atoms with van der Waals surface area (Å²) < 4.78 is 1.79. The fraction of sp³-hybridized carbons (Fsp3) is 0.182. The van der Waals surface area contributed by atoms with Crippen LogP contribution in [0.15, 0.2) is 34.9 Å². The molecule has 20 heavy (non-hydrogen) atoms. The number of aromatic nitrogens is 2. The van der Waals surface area contributed by atoms with Gasteiger partial charge in [0.2, 0.25) is 0 Å². The molecular formula is C11H9BrN4O4. The van der Waals surface area contributed by atoms with E-state index in [0.29, 0.717) is 17.4 Å². The van der Waals surface area contributed by atoms with Crippen LogP contribution in [-0.2, 0) is 13.0 Å². The Balaban J connectivity index is 2.03. The molecule has 0 aliphatic heterocycles. The molecule has 104 valence electrons. The molecular weight excluding hydrogens is 332 g/mol. The van der Waals surface area contributed by atoms with Crippen molar-refractivity contribution in [3.05, 3.63) is 60.7 Å². The van der Waals surface area contributed by atoms with E-state index in [-0.39, 0.29) is 11.5 Å². The van der Waals surface area contributed by atoms with Gasteiger partial charge >= 0.3 is 5.82 Å². The number of rotatable bonds is 5. The Kier molecular flexibility index (Phi) is 4.08. The Bertz CT molecular complexity index is 653. The maximum Gasteiger partial charge on any atom is 0.404 e. The lowest BCUT2D eigenvalue weighted by Crippen LogP contribution is -2.02. The van der Waals surface area contributed by atoms with Crippen molar-refractivity contribution in [3.8, 4) is 0 Å². The van der Waals surface area contributed by atoms with Crippen molar-refractivity contribution in [2.45, 2.75) is 13.0 Å². The summed E-state index contributed by atoms with van der Waals surface area (Å²) in [6.45, 7) is 0.449. The number of nitro groups is 2. The van der Waals surface area contributed by atoms with Gasteiger partial charge in [-0.15, -0.1) is 0 Å². The van der Waals surface area contributed by atoms with Crippen LogP contribution in [0.3, 0.4) is 0 Å². The molecule has 0 saturated heterocycles. The van der Waals surface area contributed by atoms with Crippen LogP contribution in [0.5, 0.6) is 0 Å². The molecule has 0 amide bonds. The van der Waals surface area contributed by atoms with Gasteiger partial charge in [-0.05, 0) is 32.8 Å². The molecule has 9 heteroatoms. The summed E-state index contributed by atoms with van der Waals surface area (Å²) in [4.78, 5) is 20.1. The molecule has 8 nitrogen and oxygen atoms in total. The molecule has 0 aliphatic carbocycles. The van der Waals surface area contributed by atoms with Gasteiger partial charge in [-0.3, -0.25) is 10.1 Å². The lowest BCUT2D eigenvalue weighted by Gasteiger charge is -1.99. The Hall–Kier alpha value is -2.29. The van der Waals surface area contributed by atoms with Gasteiger partial charge in [-0.25, -0.2) is 0 Å². The Morgan fingerprint density at radius 2 is 1.80 bits per heavy atom. The zero-order valence-electron chi connectivity index (χ0n) is 10.1. The first-order valence-electron chi connectivity index (χ1n) is 5.58. The molecule has 0 spiro atoms. The Labute approximate surface area is 121 Å². The van der Waals surface area contributed by atoms with Crippen LogP contribution in [0.1, 0.15) is 5.56 Å². The van der Waals surface area contributed by atoms with Crippen molar-refractivity contribution >= 4 is 27.4 Å². The number of nitrogens with zero attached hydrogens (tertiary/aromatic N) is 4. The van der Waals surface area contributed by atoms with Gasteiger partial charge in [0.25, 0.3) is 5.69 Å². The zero-order chi connectivity index (χ0) is 14.7. The van der Waals surface area contributed by atoms with E-state index < -0.39 is 9.85 Å². The third kappa shape index (κ3) is 3.18. The van der Waals surface area contributed by atoms with Gasteiger partial charge < -0.3 is 10.1 Å². The minimum Gasteiger partial charge on any atom is -0.358 e. The van der Waals surface area contributed by atoms with E-state index in [9.17, 15) is 20.2 Å². The number of hydrogen-bond acceptors (Lipinski definition) is 5. The number of hydrogen-bond donors (Lipinski definition) is 0. The molecule has 0 aliphatic rings. The van der Waals surface area contributed by atoms with Crippen LogP contribution in [0, 0.1) is 20.2 Å².